The fraction of sp³-hybridized carbons (Fsp3) is 0.267. The number of benzene rings is 1. The first-order valence-electron chi connectivity index (χ1n) is 6.23. The van der Waals surface area contributed by atoms with Crippen molar-refractivity contribution in [3.05, 3.63) is 51.0 Å². The number of fused-ring (bicyclic) bond motifs is 1. The van der Waals surface area contributed by atoms with Crippen LogP contribution < -0.4 is 5.32 Å². The topological polar surface area (TPSA) is 24.4 Å². The zero-order chi connectivity index (χ0) is 13.6. The molecule has 2 aromatic rings. The highest BCUT2D eigenvalue weighted by molar-refractivity contribution is 7.12. The van der Waals surface area contributed by atoms with Crippen LogP contribution in [0, 0.1) is 19.7 Å². The van der Waals surface area contributed by atoms with E-state index in [9.17, 15) is 4.39 Å². The molecule has 0 spiro atoms. The third-order valence-corrected chi connectivity index (χ3v) is 4.32. The highest BCUT2D eigenvalue weighted by Crippen LogP contribution is 2.37. The Morgan fingerprint density at radius 1 is 1.16 bits per heavy atom. The molecule has 1 N–H and O–H groups in total. The molecule has 1 atom stereocenters. The zero-order valence-electron chi connectivity index (χ0n) is 11.1. The van der Waals surface area contributed by atoms with Crippen molar-refractivity contribution in [3.63, 3.8) is 0 Å². The molecule has 2 nitrogen and oxygen atoms in total. The first kappa shape index (κ1) is 12.4. The van der Waals surface area contributed by atoms with Gasteiger partial charge in [0.1, 0.15) is 5.82 Å². The molecule has 0 amide bonds. The quantitative estimate of drug-likeness (QED) is 0.826. The second-order valence-electron chi connectivity index (χ2n) is 4.85. The average molecular weight is 274 g/mol. The molecule has 3 rings (SSSR count). The van der Waals surface area contributed by atoms with Crippen molar-refractivity contribution < 1.29 is 4.39 Å². The van der Waals surface area contributed by atoms with E-state index >= 15 is 0 Å². The number of hydrogen-bond acceptors (Lipinski definition) is 3. The summed E-state index contributed by atoms with van der Waals surface area (Å²) in [5, 5.41) is 3.40. The Morgan fingerprint density at radius 3 is 2.63 bits per heavy atom. The molecule has 4 heteroatoms. The van der Waals surface area contributed by atoms with Crippen molar-refractivity contribution in [3.8, 4) is 0 Å². The van der Waals surface area contributed by atoms with Gasteiger partial charge in [-0.25, -0.2) is 9.38 Å². The highest BCUT2D eigenvalue weighted by atomic mass is 32.1. The summed E-state index contributed by atoms with van der Waals surface area (Å²) in [5.74, 6) is 0.584. The van der Waals surface area contributed by atoms with Crippen LogP contribution in [0.15, 0.2) is 29.3 Å². The number of hydrogen-bond donors (Lipinski definition) is 1. The molecule has 0 fully saturated rings. The summed E-state index contributed by atoms with van der Waals surface area (Å²) in [5.41, 5.74) is 3.02. The molecule has 1 unspecified atom stereocenters. The van der Waals surface area contributed by atoms with Crippen molar-refractivity contribution in [1.29, 1.82) is 0 Å². The number of nitrogens with zero attached hydrogens (tertiary/aromatic N) is 1. The van der Waals surface area contributed by atoms with Crippen molar-refractivity contribution in [2.45, 2.75) is 26.8 Å². The number of aliphatic imine (C=N–C) groups is 1. The van der Waals surface area contributed by atoms with E-state index < -0.39 is 0 Å². The second-order valence-corrected chi connectivity index (χ2v) is 6.31. The van der Waals surface area contributed by atoms with Gasteiger partial charge >= 0.3 is 0 Å². The number of thiophene rings is 1. The van der Waals surface area contributed by atoms with E-state index in [0.29, 0.717) is 0 Å². The molecule has 98 valence electrons. The highest BCUT2D eigenvalue weighted by Gasteiger charge is 2.24. The molecular weight excluding hydrogens is 259 g/mol. The predicted molar refractivity (Wildman–Crippen MR) is 77.9 cm³/mol. The van der Waals surface area contributed by atoms with Crippen molar-refractivity contribution >= 4 is 22.9 Å². The van der Waals surface area contributed by atoms with Crippen LogP contribution >= 0.6 is 11.3 Å². The average Bonchev–Trinajstić information content (AvgIpc) is 2.66. The van der Waals surface area contributed by atoms with Crippen LogP contribution in [0.4, 0.5) is 10.1 Å². The number of nitrogens with one attached hydrogen (secondary N) is 1. The lowest BCUT2D eigenvalue weighted by molar-refractivity contribution is 0.625. The van der Waals surface area contributed by atoms with Crippen LogP contribution in [0.25, 0.3) is 0 Å². The van der Waals surface area contributed by atoms with Crippen molar-refractivity contribution in [2.24, 2.45) is 4.99 Å². The molecule has 2 heterocycles. The fourth-order valence-corrected chi connectivity index (χ4v) is 3.50. The Kier molecular flexibility index (Phi) is 2.90. The van der Waals surface area contributed by atoms with Gasteiger partial charge in [-0.05, 0) is 44.5 Å². The second kappa shape index (κ2) is 4.46. The summed E-state index contributed by atoms with van der Waals surface area (Å²) < 4.78 is 13.3. The first-order chi connectivity index (χ1) is 9.04. The Labute approximate surface area is 116 Å². The van der Waals surface area contributed by atoms with Crippen LogP contribution in [0.2, 0.25) is 0 Å². The minimum absolute atomic E-state index is 0.0676. The molecule has 1 aliphatic heterocycles. The molecule has 1 aromatic carbocycles. The fourth-order valence-electron chi connectivity index (χ4n) is 2.54. The largest absolute Gasteiger partial charge is 0.363 e. The van der Waals surface area contributed by atoms with Gasteiger partial charge in [-0.3, -0.25) is 0 Å². The lowest BCUT2D eigenvalue weighted by Gasteiger charge is -2.26. The summed E-state index contributed by atoms with van der Waals surface area (Å²) in [7, 11) is 0. The maximum Gasteiger partial charge on any atom is 0.125 e. The van der Waals surface area contributed by atoms with Gasteiger partial charge in [-0.2, -0.15) is 0 Å². The molecule has 0 radical (unpaired) electrons. The Bertz CT molecular complexity index is 673. The van der Waals surface area contributed by atoms with Gasteiger partial charge < -0.3 is 5.32 Å². The molecule has 0 saturated heterocycles. The van der Waals surface area contributed by atoms with Crippen LogP contribution in [0.1, 0.15) is 33.8 Å². The number of aryl methyl sites for hydroxylation is 2. The zero-order valence-corrected chi connectivity index (χ0v) is 11.9. The van der Waals surface area contributed by atoms with E-state index in [4.69, 9.17) is 0 Å². The number of rotatable bonds is 1. The van der Waals surface area contributed by atoms with Crippen LogP contribution in [0.5, 0.6) is 0 Å². The maximum atomic E-state index is 13.3. The lowest BCUT2D eigenvalue weighted by atomic mass is 9.96. The van der Waals surface area contributed by atoms with E-state index in [0.717, 1.165) is 17.1 Å². The van der Waals surface area contributed by atoms with Gasteiger partial charge in [0, 0.05) is 15.3 Å². The van der Waals surface area contributed by atoms with E-state index in [2.05, 4.69) is 30.2 Å². The summed E-state index contributed by atoms with van der Waals surface area (Å²) in [6.07, 6.45) is 0. The van der Waals surface area contributed by atoms with E-state index in [-0.39, 0.29) is 11.9 Å². The van der Waals surface area contributed by atoms with Crippen molar-refractivity contribution in [2.75, 3.05) is 0 Å². The summed E-state index contributed by atoms with van der Waals surface area (Å²) in [6.45, 7) is 6.14. The van der Waals surface area contributed by atoms with E-state index in [1.165, 1.54) is 27.5 Å². The van der Waals surface area contributed by atoms with Crippen LogP contribution in [0.3, 0.4) is 0 Å². The molecular formula is C15H15FN2S. The monoisotopic (exact) mass is 274 g/mol. The Balaban J connectivity index is 2.15. The van der Waals surface area contributed by atoms with Crippen LogP contribution in [-0.4, -0.2) is 5.84 Å². The summed E-state index contributed by atoms with van der Waals surface area (Å²) in [4.78, 5) is 6.97. The lowest BCUT2D eigenvalue weighted by Crippen LogP contribution is -2.30. The van der Waals surface area contributed by atoms with Gasteiger partial charge in [-0.15, -0.1) is 11.3 Å². The van der Waals surface area contributed by atoms with Crippen LogP contribution in [-0.2, 0) is 0 Å². The van der Waals surface area contributed by atoms with E-state index in [1.807, 2.05) is 13.0 Å². The number of amidine groups is 1. The minimum Gasteiger partial charge on any atom is -0.363 e. The number of halogens is 1. The summed E-state index contributed by atoms with van der Waals surface area (Å²) >= 11 is 1.79. The Morgan fingerprint density at radius 2 is 1.95 bits per heavy atom. The van der Waals surface area contributed by atoms with Gasteiger partial charge in [0.15, 0.2) is 0 Å². The van der Waals surface area contributed by atoms with Gasteiger partial charge in [-0.1, -0.05) is 6.07 Å². The standard InChI is InChI=1S/C15H15FN2S/c1-8-6-13(9(2)19-8)15-12-5-4-11(16)7-14(12)17-10(3)18-15/h4-7,15H,1-3H3,(H,17,18). The molecule has 0 bridgehead atoms. The molecule has 1 aliphatic rings. The molecule has 1 aromatic heterocycles. The smallest absolute Gasteiger partial charge is 0.125 e. The molecule has 0 aliphatic carbocycles. The minimum atomic E-state index is -0.242. The van der Waals surface area contributed by atoms with E-state index in [1.54, 1.807) is 11.3 Å². The first-order valence-corrected chi connectivity index (χ1v) is 7.04. The SMILES string of the molecule is CC1=Nc2cc(F)ccc2C(c2cc(C)sc2C)N1. The predicted octanol–water partition coefficient (Wildman–Crippen LogP) is 4.25. The third-order valence-electron chi connectivity index (χ3n) is 3.34. The van der Waals surface area contributed by atoms with Gasteiger partial charge in [0.2, 0.25) is 0 Å². The third kappa shape index (κ3) is 2.16. The molecule has 19 heavy (non-hydrogen) atoms. The normalized spacial score (nSPS) is 17.7. The maximum absolute atomic E-state index is 13.3. The summed E-state index contributed by atoms with van der Waals surface area (Å²) in [6, 6.07) is 7.09. The Hall–Kier alpha value is -1.68. The molecule has 0 saturated carbocycles. The van der Waals surface area contributed by atoms with Gasteiger partial charge in [0.25, 0.3) is 0 Å². The van der Waals surface area contributed by atoms with Gasteiger partial charge in [0.05, 0.1) is 17.6 Å². The van der Waals surface area contributed by atoms with Crippen molar-refractivity contribution in [1.82, 2.24) is 5.32 Å².